The van der Waals surface area contributed by atoms with E-state index < -0.39 is 10.0 Å². The molecular formula is C16H21ClN4O3S. The second-order valence-electron chi connectivity index (χ2n) is 5.77. The number of amides is 1. The minimum Gasteiger partial charge on any atom is -0.311 e. The van der Waals surface area contributed by atoms with Gasteiger partial charge in [-0.1, -0.05) is 17.7 Å². The van der Waals surface area contributed by atoms with E-state index in [0.717, 1.165) is 5.56 Å². The number of benzene rings is 1. The largest absolute Gasteiger partial charge is 0.311 e. The van der Waals surface area contributed by atoms with Gasteiger partial charge in [-0.15, -0.1) is 0 Å². The third-order valence-corrected chi connectivity index (χ3v) is 5.93. The summed E-state index contributed by atoms with van der Waals surface area (Å²) in [5, 5.41) is 7.10. The summed E-state index contributed by atoms with van der Waals surface area (Å²) in [4.78, 5) is 13.5. The van der Waals surface area contributed by atoms with Crippen LogP contribution in [0.25, 0.3) is 0 Å². The average molecular weight is 385 g/mol. The Balaban J connectivity index is 2.12. The van der Waals surface area contributed by atoms with E-state index in [1.807, 2.05) is 13.0 Å². The maximum absolute atomic E-state index is 12.4. The molecule has 0 spiro atoms. The lowest BCUT2D eigenvalue weighted by Crippen LogP contribution is -2.37. The normalized spacial score (nSPS) is 11.6. The molecule has 136 valence electrons. The van der Waals surface area contributed by atoms with Gasteiger partial charge in [0.05, 0.1) is 11.4 Å². The van der Waals surface area contributed by atoms with Gasteiger partial charge < -0.3 is 4.90 Å². The Hall–Kier alpha value is -1.90. The van der Waals surface area contributed by atoms with Crippen molar-refractivity contribution in [1.82, 2.24) is 14.9 Å². The van der Waals surface area contributed by atoms with E-state index in [4.69, 9.17) is 11.6 Å². The molecule has 1 aromatic carbocycles. The molecule has 9 heteroatoms. The van der Waals surface area contributed by atoms with Crippen LogP contribution in [0.2, 0.25) is 5.02 Å². The Bertz CT molecular complexity index is 873. The fourth-order valence-electron chi connectivity index (χ4n) is 2.52. The molecular weight excluding hydrogens is 364 g/mol. The molecule has 2 aromatic rings. The van der Waals surface area contributed by atoms with Gasteiger partial charge in [0.2, 0.25) is 15.9 Å². The molecule has 1 heterocycles. The Morgan fingerprint density at radius 1 is 1.32 bits per heavy atom. The zero-order chi connectivity index (χ0) is 18.8. The number of anilines is 1. The highest BCUT2D eigenvalue weighted by Gasteiger charge is 2.22. The minimum atomic E-state index is -3.70. The monoisotopic (exact) mass is 384 g/mol. The summed E-state index contributed by atoms with van der Waals surface area (Å²) in [5.41, 5.74) is 2.40. The predicted molar refractivity (Wildman–Crippen MR) is 97.5 cm³/mol. The van der Waals surface area contributed by atoms with Gasteiger partial charge in [0.15, 0.2) is 0 Å². The maximum atomic E-state index is 12.4. The number of nitrogens with one attached hydrogen (secondary N) is 2. The van der Waals surface area contributed by atoms with E-state index in [9.17, 15) is 13.2 Å². The molecule has 1 amide bonds. The Morgan fingerprint density at radius 2 is 2.00 bits per heavy atom. The van der Waals surface area contributed by atoms with E-state index >= 15 is 0 Å². The third-order valence-electron chi connectivity index (χ3n) is 3.80. The standard InChI is InChI=1S/C16H21ClN4O3S/c1-10-5-6-14(9-15(10)17)21(13(4)22)8-7-18-25(23,24)16-11(2)19-20-12(16)3/h5-6,9,18H,7-8H2,1-4H3,(H,19,20). The van der Waals surface area contributed by atoms with Crippen molar-refractivity contribution in [3.05, 3.63) is 40.2 Å². The highest BCUT2D eigenvalue weighted by molar-refractivity contribution is 7.89. The highest BCUT2D eigenvalue weighted by Crippen LogP contribution is 2.23. The molecule has 0 fully saturated rings. The van der Waals surface area contributed by atoms with Crippen molar-refractivity contribution in [2.75, 3.05) is 18.0 Å². The summed E-state index contributed by atoms with van der Waals surface area (Å²) in [6, 6.07) is 5.29. The fourth-order valence-corrected chi connectivity index (χ4v) is 4.08. The summed E-state index contributed by atoms with van der Waals surface area (Å²) < 4.78 is 27.4. The number of halogens is 1. The topological polar surface area (TPSA) is 95.2 Å². The smallest absolute Gasteiger partial charge is 0.244 e. The lowest BCUT2D eigenvalue weighted by atomic mass is 10.2. The van der Waals surface area contributed by atoms with Crippen molar-refractivity contribution in [3.63, 3.8) is 0 Å². The van der Waals surface area contributed by atoms with Gasteiger partial charge >= 0.3 is 0 Å². The molecule has 2 N–H and O–H groups in total. The zero-order valence-corrected chi connectivity index (χ0v) is 16.1. The van der Waals surface area contributed by atoms with Gasteiger partial charge in [-0.3, -0.25) is 9.89 Å². The molecule has 0 saturated carbocycles. The number of H-pyrrole nitrogens is 1. The average Bonchev–Trinajstić information content (AvgIpc) is 2.86. The lowest BCUT2D eigenvalue weighted by molar-refractivity contribution is -0.116. The number of sulfonamides is 1. The van der Waals surface area contributed by atoms with Crippen LogP contribution < -0.4 is 9.62 Å². The van der Waals surface area contributed by atoms with Crippen molar-refractivity contribution in [2.24, 2.45) is 0 Å². The number of rotatable bonds is 6. The predicted octanol–water partition coefficient (Wildman–Crippen LogP) is 2.32. The quantitative estimate of drug-likeness (QED) is 0.798. The van der Waals surface area contributed by atoms with Gasteiger partial charge in [0.25, 0.3) is 0 Å². The first kappa shape index (κ1) is 19.4. The number of aryl methyl sites for hydroxylation is 3. The summed E-state index contributed by atoms with van der Waals surface area (Å²) in [6.07, 6.45) is 0. The number of carbonyl (C=O) groups is 1. The number of aromatic amines is 1. The van der Waals surface area contributed by atoms with Crippen LogP contribution in [0.1, 0.15) is 23.9 Å². The van der Waals surface area contributed by atoms with Crippen LogP contribution in [0.15, 0.2) is 23.1 Å². The molecule has 0 unspecified atom stereocenters. The van der Waals surface area contributed by atoms with E-state index in [2.05, 4.69) is 14.9 Å². The highest BCUT2D eigenvalue weighted by atomic mass is 35.5. The number of aromatic nitrogens is 2. The molecule has 0 atom stereocenters. The maximum Gasteiger partial charge on any atom is 0.244 e. The number of hydrogen-bond acceptors (Lipinski definition) is 4. The molecule has 0 bridgehead atoms. The molecule has 0 aliphatic rings. The van der Waals surface area contributed by atoms with Gasteiger partial charge in [0, 0.05) is 30.7 Å². The Kier molecular flexibility index (Phi) is 5.87. The molecule has 0 aliphatic heterocycles. The summed E-state index contributed by atoms with van der Waals surface area (Å²) in [6.45, 7) is 6.81. The minimum absolute atomic E-state index is 0.0669. The van der Waals surface area contributed by atoms with Crippen LogP contribution in [-0.2, 0) is 14.8 Å². The van der Waals surface area contributed by atoms with Crippen molar-refractivity contribution in [3.8, 4) is 0 Å². The van der Waals surface area contributed by atoms with Crippen LogP contribution in [-0.4, -0.2) is 37.6 Å². The molecule has 2 rings (SSSR count). The number of nitrogens with zero attached hydrogens (tertiary/aromatic N) is 2. The van der Waals surface area contributed by atoms with E-state index in [1.165, 1.54) is 11.8 Å². The first-order chi connectivity index (χ1) is 11.6. The first-order valence-corrected chi connectivity index (χ1v) is 9.55. The van der Waals surface area contributed by atoms with Crippen molar-refractivity contribution in [2.45, 2.75) is 32.6 Å². The van der Waals surface area contributed by atoms with Crippen LogP contribution in [0.5, 0.6) is 0 Å². The molecule has 0 saturated heterocycles. The second kappa shape index (κ2) is 7.55. The van der Waals surface area contributed by atoms with Gasteiger partial charge in [-0.2, -0.15) is 5.10 Å². The summed E-state index contributed by atoms with van der Waals surface area (Å²) in [7, 11) is -3.70. The van der Waals surface area contributed by atoms with Crippen molar-refractivity contribution in [1.29, 1.82) is 0 Å². The van der Waals surface area contributed by atoms with Gasteiger partial charge in [-0.05, 0) is 38.5 Å². The van der Waals surface area contributed by atoms with Gasteiger partial charge in [0.1, 0.15) is 4.90 Å². The van der Waals surface area contributed by atoms with E-state index in [0.29, 0.717) is 22.1 Å². The summed E-state index contributed by atoms with van der Waals surface area (Å²) in [5.74, 6) is -0.199. The van der Waals surface area contributed by atoms with Crippen LogP contribution in [0.3, 0.4) is 0 Å². The van der Waals surface area contributed by atoms with E-state index in [1.54, 1.807) is 26.0 Å². The molecule has 25 heavy (non-hydrogen) atoms. The van der Waals surface area contributed by atoms with Crippen LogP contribution in [0.4, 0.5) is 5.69 Å². The molecule has 1 aromatic heterocycles. The fraction of sp³-hybridized carbons (Fsp3) is 0.375. The van der Waals surface area contributed by atoms with Crippen LogP contribution >= 0.6 is 11.6 Å². The molecule has 0 radical (unpaired) electrons. The number of carbonyl (C=O) groups excluding carboxylic acids is 1. The van der Waals surface area contributed by atoms with Crippen LogP contribution in [0, 0.1) is 20.8 Å². The Labute approximate surface area is 152 Å². The zero-order valence-electron chi connectivity index (χ0n) is 14.6. The van der Waals surface area contributed by atoms with Crippen molar-refractivity contribution >= 4 is 33.2 Å². The SMILES string of the molecule is CC(=O)N(CCNS(=O)(=O)c1c(C)n[nH]c1C)c1ccc(C)c(Cl)c1. The lowest BCUT2D eigenvalue weighted by Gasteiger charge is -2.22. The number of hydrogen-bond donors (Lipinski definition) is 2. The van der Waals surface area contributed by atoms with Gasteiger partial charge in [-0.25, -0.2) is 13.1 Å². The first-order valence-electron chi connectivity index (χ1n) is 7.69. The Morgan fingerprint density at radius 3 is 2.52 bits per heavy atom. The molecule has 0 aliphatic carbocycles. The van der Waals surface area contributed by atoms with E-state index in [-0.39, 0.29) is 23.9 Å². The third kappa shape index (κ3) is 4.39. The second-order valence-corrected chi connectivity index (χ2v) is 7.88. The summed E-state index contributed by atoms with van der Waals surface area (Å²) >= 11 is 6.11. The van der Waals surface area contributed by atoms with Crippen molar-refractivity contribution < 1.29 is 13.2 Å². The molecule has 7 nitrogen and oxygen atoms in total.